The van der Waals surface area contributed by atoms with Crippen LogP contribution < -0.4 is 0 Å². The van der Waals surface area contributed by atoms with E-state index < -0.39 is 0 Å². The number of halogens is 2. The van der Waals surface area contributed by atoms with Crippen molar-refractivity contribution in [3.8, 4) is 10.6 Å². The Labute approximate surface area is 94.5 Å². The molecule has 2 aromatic rings. The quantitative estimate of drug-likeness (QED) is 0.737. The van der Waals surface area contributed by atoms with Crippen LogP contribution in [0.4, 0.5) is 0 Å². The molecule has 2 rings (SSSR count). The van der Waals surface area contributed by atoms with E-state index in [1.54, 1.807) is 6.26 Å². The number of furan rings is 1. The zero-order valence-electron chi connectivity index (χ0n) is 5.62. The maximum atomic E-state index is 5.08. The molecular formula is C6H2BrIN2OS. The lowest BCUT2D eigenvalue weighted by Crippen LogP contribution is -1.71. The Balaban J connectivity index is 2.43. The molecule has 0 radical (unpaired) electrons. The molecule has 0 bridgehead atoms. The van der Waals surface area contributed by atoms with Crippen LogP contribution in [-0.4, -0.2) is 10.2 Å². The summed E-state index contributed by atoms with van der Waals surface area (Å²) in [5.41, 5.74) is 0.960. The smallest absolute Gasteiger partial charge is 0.178 e. The lowest BCUT2D eigenvalue weighted by atomic mass is 10.4. The van der Waals surface area contributed by atoms with E-state index >= 15 is 0 Å². The first-order chi connectivity index (χ1) is 5.75. The first kappa shape index (κ1) is 8.64. The molecule has 0 saturated carbocycles. The summed E-state index contributed by atoms with van der Waals surface area (Å²) in [6.45, 7) is 0. The first-order valence-electron chi connectivity index (χ1n) is 2.99. The summed E-state index contributed by atoms with van der Waals surface area (Å²) >= 11 is 6.90. The second kappa shape index (κ2) is 3.43. The average molecular weight is 357 g/mol. The third-order valence-electron chi connectivity index (χ3n) is 1.21. The number of aromatic nitrogens is 2. The highest BCUT2D eigenvalue weighted by Gasteiger charge is 2.07. The fraction of sp³-hybridized carbons (Fsp3) is 0. The van der Waals surface area contributed by atoms with Crippen molar-refractivity contribution in [1.29, 1.82) is 0 Å². The van der Waals surface area contributed by atoms with Gasteiger partial charge in [-0.05, 0) is 38.5 Å². The molecule has 2 heterocycles. The van der Waals surface area contributed by atoms with Crippen molar-refractivity contribution in [3.05, 3.63) is 20.0 Å². The molecule has 0 aliphatic carbocycles. The van der Waals surface area contributed by atoms with Crippen LogP contribution in [0.3, 0.4) is 0 Å². The molecular weight excluding hydrogens is 355 g/mol. The van der Waals surface area contributed by atoms with Crippen molar-refractivity contribution in [2.45, 2.75) is 0 Å². The molecule has 0 N–H and O–H groups in total. The summed E-state index contributed by atoms with van der Waals surface area (Å²) in [5, 5.41) is 8.76. The second-order valence-electron chi connectivity index (χ2n) is 2.00. The van der Waals surface area contributed by atoms with Crippen LogP contribution >= 0.6 is 49.9 Å². The molecule has 12 heavy (non-hydrogen) atoms. The van der Waals surface area contributed by atoms with Gasteiger partial charge < -0.3 is 4.42 Å². The highest BCUT2D eigenvalue weighted by molar-refractivity contribution is 14.1. The van der Waals surface area contributed by atoms with Crippen molar-refractivity contribution in [1.82, 2.24) is 10.2 Å². The normalized spacial score (nSPS) is 10.5. The Kier molecular flexibility index (Phi) is 2.47. The SMILES string of the molecule is Brc1cc(-c2nnc(I)s2)co1. The van der Waals surface area contributed by atoms with E-state index in [1.807, 2.05) is 6.07 Å². The lowest BCUT2D eigenvalue weighted by molar-refractivity contribution is 0.542. The number of hydrogen-bond donors (Lipinski definition) is 0. The van der Waals surface area contributed by atoms with Gasteiger partial charge in [-0.25, -0.2) is 0 Å². The maximum Gasteiger partial charge on any atom is 0.178 e. The third kappa shape index (κ3) is 1.69. The monoisotopic (exact) mass is 356 g/mol. The third-order valence-corrected chi connectivity index (χ3v) is 3.27. The lowest BCUT2D eigenvalue weighted by Gasteiger charge is -1.80. The van der Waals surface area contributed by atoms with E-state index in [0.29, 0.717) is 4.67 Å². The Hall–Kier alpha value is 0.0500. The van der Waals surface area contributed by atoms with Gasteiger partial charge >= 0.3 is 0 Å². The number of rotatable bonds is 1. The Bertz CT molecular complexity index is 361. The van der Waals surface area contributed by atoms with Crippen LogP contribution in [0, 0.1) is 3.01 Å². The highest BCUT2D eigenvalue weighted by Crippen LogP contribution is 2.27. The Morgan fingerprint density at radius 3 is 2.83 bits per heavy atom. The molecule has 0 aliphatic rings. The zero-order valence-corrected chi connectivity index (χ0v) is 10.2. The van der Waals surface area contributed by atoms with Crippen molar-refractivity contribution in [2.24, 2.45) is 0 Å². The van der Waals surface area contributed by atoms with Crippen LogP contribution in [0.5, 0.6) is 0 Å². The van der Waals surface area contributed by atoms with Crippen molar-refractivity contribution in [2.75, 3.05) is 0 Å². The highest BCUT2D eigenvalue weighted by atomic mass is 127. The molecule has 3 nitrogen and oxygen atoms in total. The summed E-state index contributed by atoms with van der Waals surface area (Å²) in [6.07, 6.45) is 1.65. The van der Waals surface area contributed by atoms with Crippen LogP contribution in [0.25, 0.3) is 10.6 Å². The summed E-state index contributed by atoms with van der Waals surface area (Å²) in [4.78, 5) is 0. The number of hydrogen-bond acceptors (Lipinski definition) is 4. The standard InChI is InChI=1S/C6H2BrIN2OS/c7-4-1-3(2-11-4)5-9-10-6(8)12-5/h1-2H. The van der Waals surface area contributed by atoms with Crippen molar-refractivity contribution in [3.63, 3.8) is 0 Å². The van der Waals surface area contributed by atoms with Crippen LogP contribution in [-0.2, 0) is 0 Å². The Morgan fingerprint density at radius 1 is 1.50 bits per heavy atom. The molecule has 6 heteroatoms. The topological polar surface area (TPSA) is 38.9 Å². The van der Waals surface area contributed by atoms with Crippen LogP contribution in [0.2, 0.25) is 0 Å². The predicted molar refractivity (Wildman–Crippen MR) is 58.0 cm³/mol. The van der Waals surface area contributed by atoms with Crippen molar-refractivity contribution >= 4 is 49.9 Å². The molecule has 2 aromatic heterocycles. The van der Waals surface area contributed by atoms with Gasteiger partial charge in [0.15, 0.2) is 12.7 Å². The molecule has 0 amide bonds. The largest absolute Gasteiger partial charge is 0.457 e. The molecule has 0 saturated heterocycles. The molecule has 0 fully saturated rings. The summed E-state index contributed by atoms with van der Waals surface area (Å²) < 4.78 is 6.72. The van der Waals surface area contributed by atoms with Gasteiger partial charge in [0.05, 0.1) is 5.56 Å². The van der Waals surface area contributed by atoms with Gasteiger partial charge in [-0.15, -0.1) is 10.2 Å². The zero-order chi connectivity index (χ0) is 8.55. The van der Waals surface area contributed by atoms with Gasteiger partial charge in [0.2, 0.25) is 0 Å². The average Bonchev–Trinajstić information content (AvgIpc) is 2.58. The minimum atomic E-state index is 0.711. The molecule has 0 atom stereocenters. The second-order valence-corrected chi connectivity index (χ2v) is 5.51. The molecule has 0 aliphatic heterocycles. The minimum Gasteiger partial charge on any atom is -0.457 e. The van der Waals surface area contributed by atoms with E-state index in [9.17, 15) is 0 Å². The van der Waals surface area contributed by atoms with Gasteiger partial charge in [-0.2, -0.15) is 0 Å². The van der Waals surface area contributed by atoms with E-state index in [-0.39, 0.29) is 0 Å². The fourth-order valence-electron chi connectivity index (χ4n) is 0.744. The van der Waals surface area contributed by atoms with Gasteiger partial charge in [-0.3, -0.25) is 0 Å². The van der Waals surface area contributed by atoms with Gasteiger partial charge in [0, 0.05) is 6.07 Å². The Morgan fingerprint density at radius 2 is 2.33 bits per heavy atom. The van der Waals surface area contributed by atoms with Crippen LogP contribution in [0.15, 0.2) is 21.4 Å². The predicted octanol–water partition coefficient (Wildman–Crippen LogP) is 3.17. The minimum absolute atomic E-state index is 0.711. The van der Waals surface area contributed by atoms with E-state index in [0.717, 1.165) is 13.6 Å². The number of nitrogens with zero attached hydrogens (tertiary/aromatic N) is 2. The molecule has 62 valence electrons. The summed E-state index contributed by atoms with van der Waals surface area (Å²) in [5.74, 6) is 0. The van der Waals surface area contributed by atoms with Crippen molar-refractivity contribution < 1.29 is 4.42 Å². The van der Waals surface area contributed by atoms with E-state index in [1.165, 1.54) is 11.3 Å². The fourth-order valence-corrected chi connectivity index (χ4v) is 2.37. The first-order valence-corrected chi connectivity index (χ1v) is 5.68. The van der Waals surface area contributed by atoms with Crippen LogP contribution in [0.1, 0.15) is 0 Å². The molecule has 0 unspecified atom stereocenters. The van der Waals surface area contributed by atoms with Gasteiger partial charge in [0.1, 0.15) is 6.26 Å². The van der Waals surface area contributed by atoms with Gasteiger partial charge in [-0.1, -0.05) is 11.3 Å². The van der Waals surface area contributed by atoms with Gasteiger partial charge in [0.25, 0.3) is 0 Å². The molecule has 0 aromatic carbocycles. The molecule has 0 spiro atoms. The summed E-state index contributed by atoms with van der Waals surface area (Å²) in [6, 6.07) is 1.87. The maximum absolute atomic E-state index is 5.08. The summed E-state index contributed by atoms with van der Waals surface area (Å²) in [7, 11) is 0. The van der Waals surface area contributed by atoms with E-state index in [4.69, 9.17) is 4.42 Å². The van der Waals surface area contributed by atoms with E-state index in [2.05, 4.69) is 48.7 Å².